The Balaban J connectivity index is 2.23. The Morgan fingerprint density at radius 3 is 2.61 bits per heavy atom. The molecule has 0 spiro atoms. The monoisotopic (exact) mass is 253 g/mol. The van der Waals surface area contributed by atoms with Gasteiger partial charge in [0.1, 0.15) is 0 Å². The van der Waals surface area contributed by atoms with E-state index in [9.17, 15) is 14.7 Å². The number of piperidine rings is 1. The van der Waals surface area contributed by atoms with Crippen molar-refractivity contribution in [1.82, 2.24) is 5.32 Å². The Morgan fingerprint density at radius 1 is 1.17 bits per heavy atom. The van der Waals surface area contributed by atoms with E-state index in [2.05, 4.69) is 5.32 Å². The minimum absolute atomic E-state index is 0.0703. The Kier molecular flexibility index (Phi) is 4.01. The van der Waals surface area contributed by atoms with Crippen LogP contribution in [0.1, 0.15) is 25.7 Å². The molecule has 1 aliphatic heterocycles. The highest BCUT2D eigenvalue weighted by atomic mass is 16.4. The largest absolute Gasteiger partial charge is 0.478 e. The minimum atomic E-state index is -1.17. The number of fused-ring (bicyclic) bond motifs is 1. The van der Waals surface area contributed by atoms with Gasteiger partial charge in [-0.05, 0) is 43.7 Å². The number of carboxylic acid groups (broad SMARTS) is 2. The third kappa shape index (κ3) is 2.72. The summed E-state index contributed by atoms with van der Waals surface area (Å²) in [6.07, 6.45) is 4.87. The Bertz CT molecular complexity index is 375. The molecule has 0 amide bonds. The maximum absolute atomic E-state index is 11.3. The zero-order chi connectivity index (χ0) is 13.1. The lowest BCUT2D eigenvalue weighted by Gasteiger charge is -2.41. The molecule has 5 heteroatoms. The molecule has 0 aromatic rings. The fraction of sp³-hybridized carbons (Fsp3) is 0.692. The third-order valence-corrected chi connectivity index (χ3v) is 4.21. The van der Waals surface area contributed by atoms with Crippen LogP contribution in [0, 0.1) is 17.8 Å². The lowest BCUT2D eigenvalue weighted by Crippen LogP contribution is -2.44. The van der Waals surface area contributed by atoms with Crippen LogP contribution in [0.3, 0.4) is 0 Å². The van der Waals surface area contributed by atoms with Gasteiger partial charge in [0.2, 0.25) is 0 Å². The molecule has 1 aliphatic carbocycles. The van der Waals surface area contributed by atoms with Crippen molar-refractivity contribution < 1.29 is 19.8 Å². The highest BCUT2D eigenvalue weighted by molar-refractivity contribution is 5.95. The van der Waals surface area contributed by atoms with E-state index in [0.717, 1.165) is 44.8 Å². The van der Waals surface area contributed by atoms with Gasteiger partial charge in [-0.25, -0.2) is 9.59 Å². The first kappa shape index (κ1) is 13.1. The van der Waals surface area contributed by atoms with E-state index in [4.69, 9.17) is 5.11 Å². The van der Waals surface area contributed by atoms with Crippen LogP contribution in [0.2, 0.25) is 0 Å². The average Bonchev–Trinajstić information content (AvgIpc) is 2.35. The van der Waals surface area contributed by atoms with Crippen LogP contribution in [-0.2, 0) is 9.59 Å². The molecule has 3 atom stereocenters. The van der Waals surface area contributed by atoms with E-state index in [1.807, 2.05) is 0 Å². The fourth-order valence-electron chi connectivity index (χ4n) is 3.43. The fourth-order valence-corrected chi connectivity index (χ4v) is 3.43. The summed E-state index contributed by atoms with van der Waals surface area (Å²) in [5.41, 5.74) is 0.0703. The third-order valence-electron chi connectivity index (χ3n) is 4.21. The van der Waals surface area contributed by atoms with Crippen molar-refractivity contribution in [1.29, 1.82) is 0 Å². The zero-order valence-corrected chi connectivity index (χ0v) is 10.3. The second kappa shape index (κ2) is 5.52. The van der Waals surface area contributed by atoms with Crippen molar-refractivity contribution in [2.75, 3.05) is 13.1 Å². The number of hydrogen-bond donors (Lipinski definition) is 3. The summed E-state index contributed by atoms with van der Waals surface area (Å²) in [6.45, 7) is 1.79. The van der Waals surface area contributed by atoms with Gasteiger partial charge in [-0.3, -0.25) is 0 Å². The standard InChI is InChI=1S/C13H19NO4/c15-12(16)6-10(13(17)18)9-3-1-2-8-4-5-14-7-11(8)9/h6,8-9,11,14H,1-5,7H2,(H,15,16)(H,17,18)/b10-6+. The zero-order valence-electron chi connectivity index (χ0n) is 10.3. The minimum Gasteiger partial charge on any atom is -0.478 e. The van der Waals surface area contributed by atoms with E-state index in [0.29, 0.717) is 5.92 Å². The SMILES string of the molecule is O=C(O)/C=C(/C(=O)O)C1CCCC2CCNCC21. The molecule has 0 aromatic carbocycles. The lowest BCUT2D eigenvalue weighted by molar-refractivity contribution is -0.136. The van der Waals surface area contributed by atoms with Crippen molar-refractivity contribution in [2.24, 2.45) is 17.8 Å². The number of hydrogen-bond acceptors (Lipinski definition) is 3. The maximum Gasteiger partial charge on any atom is 0.332 e. The smallest absolute Gasteiger partial charge is 0.332 e. The molecule has 5 nitrogen and oxygen atoms in total. The molecule has 1 saturated heterocycles. The van der Waals surface area contributed by atoms with Gasteiger partial charge in [0.05, 0.1) is 0 Å². The predicted molar refractivity (Wildman–Crippen MR) is 65.2 cm³/mol. The normalized spacial score (nSPS) is 32.7. The molecule has 100 valence electrons. The molecule has 0 bridgehead atoms. The van der Waals surface area contributed by atoms with Gasteiger partial charge in [0, 0.05) is 11.6 Å². The number of carbonyl (C=O) groups is 2. The number of nitrogens with one attached hydrogen (secondary N) is 1. The van der Waals surface area contributed by atoms with Gasteiger partial charge in [-0.1, -0.05) is 12.8 Å². The molecule has 2 aliphatic rings. The number of aliphatic carboxylic acids is 2. The molecule has 2 rings (SSSR count). The van der Waals surface area contributed by atoms with Crippen molar-refractivity contribution in [3.8, 4) is 0 Å². The molecule has 0 radical (unpaired) electrons. The van der Waals surface area contributed by atoms with Crippen LogP contribution in [0.5, 0.6) is 0 Å². The molecule has 18 heavy (non-hydrogen) atoms. The number of carboxylic acids is 2. The average molecular weight is 253 g/mol. The van der Waals surface area contributed by atoms with Crippen LogP contribution in [0.25, 0.3) is 0 Å². The van der Waals surface area contributed by atoms with Gasteiger partial charge < -0.3 is 15.5 Å². The van der Waals surface area contributed by atoms with Crippen molar-refractivity contribution in [3.05, 3.63) is 11.6 Å². The van der Waals surface area contributed by atoms with E-state index in [-0.39, 0.29) is 17.4 Å². The molecule has 1 saturated carbocycles. The van der Waals surface area contributed by atoms with E-state index in [1.165, 1.54) is 0 Å². The molecule has 1 heterocycles. The predicted octanol–water partition coefficient (Wildman–Crippen LogP) is 1.11. The van der Waals surface area contributed by atoms with Crippen LogP contribution >= 0.6 is 0 Å². The van der Waals surface area contributed by atoms with Crippen LogP contribution in [0.4, 0.5) is 0 Å². The summed E-state index contributed by atoms with van der Waals surface area (Å²) in [5, 5.41) is 21.3. The molecular weight excluding hydrogens is 234 g/mol. The summed E-state index contributed by atoms with van der Waals surface area (Å²) in [6, 6.07) is 0. The van der Waals surface area contributed by atoms with Crippen LogP contribution in [0.15, 0.2) is 11.6 Å². The second-order valence-electron chi connectivity index (χ2n) is 5.20. The maximum atomic E-state index is 11.3. The van der Waals surface area contributed by atoms with E-state index < -0.39 is 11.9 Å². The highest BCUT2D eigenvalue weighted by Crippen LogP contribution is 2.41. The van der Waals surface area contributed by atoms with Gasteiger partial charge >= 0.3 is 11.9 Å². The van der Waals surface area contributed by atoms with Crippen molar-refractivity contribution in [2.45, 2.75) is 25.7 Å². The summed E-state index contributed by atoms with van der Waals surface area (Å²) < 4.78 is 0. The Labute approximate surface area is 106 Å². The first-order chi connectivity index (χ1) is 8.59. The van der Waals surface area contributed by atoms with Crippen molar-refractivity contribution in [3.63, 3.8) is 0 Å². The van der Waals surface area contributed by atoms with E-state index in [1.54, 1.807) is 0 Å². The second-order valence-corrected chi connectivity index (χ2v) is 5.20. The molecule has 3 unspecified atom stereocenters. The summed E-state index contributed by atoms with van der Waals surface area (Å²) in [5.74, 6) is -1.56. The quantitative estimate of drug-likeness (QED) is 0.656. The summed E-state index contributed by atoms with van der Waals surface area (Å²) in [7, 11) is 0. The highest BCUT2D eigenvalue weighted by Gasteiger charge is 2.38. The summed E-state index contributed by atoms with van der Waals surface area (Å²) in [4.78, 5) is 22.0. The van der Waals surface area contributed by atoms with Gasteiger partial charge in [-0.2, -0.15) is 0 Å². The van der Waals surface area contributed by atoms with Crippen LogP contribution in [-0.4, -0.2) is 35.2 Å². The number of rotatable bonds is 3. The van der Waals surface area contributed by atoms with Gasteiger partial charge in [0.25, 0.3) is 0 Å². The lowest BCUT2D eigenvalue weighted by atomic mass is 9.66. The first-order valence-electron chi connectivity index (χ1n) is 6.48. The topological polar surface area (TPSA) is 86.6 Å². The van der Waals surface area contributed by atoms with Crippen LogP contribution < -0.4 is 5.32 Å². The van der Waals surface area contributed by atoms with Gasteiger partial charge in [0.15, 0.2) is 0 Å². The molecular formula is C13H19NO4. The summed E-state index contributed by atoms with van der Waals surface area (Å²) >= 11 is 0. The molecule has 2 fully saturated rings. The molecule has 3 N–H and O–H groups in total. The van der Waals surface area contributed by atoms with E-state index >= 15 is 0 Å². The van der Waals surface area contributed by atoms with Crippen molar-refractivity contribution >= 4 is 11.9 Å². The Hall–Kier alpha value is -1.36. The Morgan fingerprint density at radius 2 is 1.94 bits per heavy atom. The first-order valence-corrected chi connectivity index (χ1v) is 6.48. The molecule has 0 aromatic heterocycles. The van der Waals surface area contributed by atoms with Gasteiger partial charge in [-0.15, -0.1) is 0 Å².